The Labute approximate surface area is 96.0 Å². The average Bonchev–Trinajstić information content (AvgIpc) is 2.15. The summed E-state index contributed by atoms with van der Waals surface area (Å²) < 4.78 is 13.4. The highest BCUT2D eigenvalue weighted by molar-refractivity contribution is 9.10. The van der Waals surface area contributed by atoms with Gasteiger partial charge >= 0.3 is 0 Å². The molecule has 0 aromatic heterocycles. The molecule has 1 fully saturated rings. The van der Waals surface area contributed by atoms with Crippen LogP contribution in [0.5, 0.6) is 0 Å². The van der Waals surface area contributed by atoms with Crippen molar-refractivity contribution in [1.29, 1.82) is 0 Å². The van der Waals surface area contributed by atoms with Crippen LogP contribution < -0.4 is 5.32 Å². The lowest BCUT2D eigenvalue weighted by molar-refractivity contribution is 0.0915. The van der Waals surface area contributed by atoms with Gasteiger partial charge in [0.25, 0.3) is 5.91 Å². The van der Waals surface area contributed by atoms with Crippen LogP contribution in [0.4, 0.5) is 4.39 Å². The van der Waals surface area contributed by atoms with Crippen LogP contribution in [-0.4, -0.2) is 11.9 Å². The topological polar surface area (TPSA) is 29.1 Å². The van der Waals surface area contributed by atoms with Crippen molar-refractivity contribution >= 4 is 21.8 Å². The molecule has 1 aliphatic rings. The molecule has 1 aliphatic carbocycles. The first-order valence-electron chi connectivity index (χ1n) is 4.93. The summed E-state index contributed by atoms with van der Waals surface area (Å²) in [6.07, 6.45) is 3.21. The summed E-state index contributed by atoms with van der Waals surface area (Å²) >= 11 is 3.07. The predicted molar refractivity (Wildman–Crippen MR) is 59.2 cm³/mol. The van der Waals surface area contributed by atoms with E-state index in [0.29, 0.717) is 5.56 Å². The minimum Gasteiger partial charge on any atom is -0.349 e. The Morgan fingerprint density at radius 3 is 2.80 bits per heavy atom. The minimum absolute atomic E-state index is 0.203. The van der Waals surface area contributed by atoms with Gasteiger partial charge in [-0.15, -0.1) is 0 Å². The molecule has 1 N–H and O–H groups in total. The Kier molecular flexibility index (Phi) is 3.05. The Bertz CT molecular complexity index is 390. The molecule has 1 aromatic rings. The molecule has 0 saturated heterocycles. The number of carbonyl (C=O) groups excluding carboxylic acids is 1. The maximum absolute atomic E-state index is 13.1. The van der Waals surface area contributed by atoms with Crippen molar-refractivity contribution in [2.24, 2.45) is 0 Å². The third-order valence-corrected chi connectivity index (χ3v) is 3.44. The molecule has 2 nitrogen and oxygen atoms in total. The lowest BCUT2D eigenvalue weighted by Gasteiger charge is -2.26. The molecule has 0 heterocycles. The Balaban J connectivity index is 2.13. The van der Waals surface area contributed by atoms with Crippen LogP contribution in [0.1, 0.15) is 29.6 Å². The highest BCUT2D eigenvalue weighted by atomic mass is 79.9. The van der Waals surface area contributed by atoms with E-state index in [-0.39, 0.29) is 16.4 Å². The van der Waals surface area contributed by atoms with Crippen LogP contribution >= 0.6 is 15.9 Å². The van der Waals surface area contributed by atoms with Crippen LogP contribution in [-0.2, 0) is 0 Å². The van der Waals surface area contributed by atoms with Gasteiger partial charge in [-0.1, -0.05) is 6.07 Å². The molecule has 0 spiro atoms. The molecule has 80 valence electrons. The van der Waals surface area contributed by atoms with Gasteiger partial charge in [-0.25, -0.2) is 4.39 Å². The molecule has 0 atom stereocenters. The Morgan fingerprint density at radius 1 is 1.47 bits per heavy atom. The zero-order chi connectivity index (χ0) is 10.8. The van der Waals surface area contributed by atoms with Crippen molar-refractivity contribution in [3.63, 3.8) is 0 Å². The fourth-order valence-electron chi connectivity index (χ4n) is 1.49. The largest absolute Gasteiger partial charge is 0.349 e. The second-order valence-corrected chi connectivity index (χ2v) is 4.50. The maximum atomic E-state index is 13.1. The zero-order valence-corrected chi connectivity index (χ0v) is 9.68. The fraction of sp³-hybridized carbons (Fsp3) is 0.364. The third kappa shape index (κ3) is 2.20. The molecule has 0 aliphatic heterocycles. The van der Waals surface area contributed by atoms with Crippen molar-refractivity contribution in [3.8, 4) is 0 Å². The standard InChI is InChI=1S/C11H11BrFNO/c12-10-8(5-2-6-9(10)13)11(15)14-7-3-1-4-7/h2,5-7H,1,3-4H2,(H,14,15). The summed E-state index contributed by atoms with van der Waals surface area (Å²) in [6, 6.07) is 4.74. The molecule has 0 bridgehead atoms. The van der Waals surface area contributed by atoms with Crippen molar-refractivity contribution in [2.45, 2.75) is 25.3 Å². The smallest absolute Gasteiger partial charge is 0.252 e. The fourth-order valence-corrected chi connectivity index (χ4v) is 1.94. The number of hydrogen-bond donors (Lipinski definition) is 1. The number of nitrogens with one attached hydrogen (secondary N) is 1. The van der Waals surface area contributed by atoms with E-state index in [1.165, 1.54) is 12.1 Å². The normalized spacial score (nSPS) is 15.9. The summed E-state index contributed by atoms with van der Waals surface area (Å²) in [4.78, 5) is 11.7. The van der Waals surface area contributed by atoms with Gasteiger partial charge in [0, 0.05) is 6.04 Å². The summed E-state index contributed by atoms with van der Waals surface area (Å²) in [5.74, 6) is -0.609. The van der Waals surface area contributed by atoms with Gasteiger partial charge in [-0.3, -0.25) is 4.79 Å². The number of amides is 1. The first-order valence-corrected chi connectivity index (χ1v) is 5.72. The molecule has 15 heavy (non-hydrogen) atoms. The molecule has 0 unspecified atom stereocenters. The summed E-state index contributed by atoms with van der Waals surface area (Å²) in [5.41, 5.74) is 0.363. The molecule has 1 saturated carbocycles. The van der Waals surface area contributed by atoms with Gasteiger partial charge in [0.1, 0.15) is 5.82 Å². The number of carbonyl (C=O) groups is 1. The summed E-state index contributed by atoms with van der Waals surface area (Å²) in [5, 5.41) is 2.87. The first-order chi connectivity index (χ1) is 7.18. The number of rotatable bonds is 2. The number of benzene rings is 1. The van der Waals surface area contributed by atoms with E-state index < -0.39 is 5.82 Å². The highest BCUT2D eigenvalue weighted by Crippen LogP contribution is 2.22. The maximum Gasteiger partial charge on any atom is 0.252 e. The van der Waals surface area contributed by atoms with Crippen LogP contribution in [0.3, 0.4) is 0 Å². The first kappa shape index (κ1) is 10.6. The molecular formula is C11H11BrFNO. The van der Waals surface area contributed by atoms with Crippen LogP contribution in [0.25, 0.3) is 0 Å². The highest BCUT2D eigenvalue weighted by Gasteiger charge is 2.21. The zero-order valence-electron chi connectivity index (χ0n) is 8.09. The van der Waals surface area contributed by atoms with E-state index in [2.05, 4.69) is 21.2 Å². The van der Waals surface area contributed by atoms with E-state index in [4.69, 9.17) is 0 Å². The quantitative estimate of drug-likeness (QED) is 0.881. The second kappa shape index (κ2) is 4.31. The van der Waals surface area contributed by atoms with Crippen molar-refractivity contribution in [3.05, 3.63) is 34.1 Å². The predicted octanol–water partition coefficient (Wildman–Crippen LogP) is 2.87. The molecular weight excluding hydrogens is 261 g/mol. The van der Waals surface area contributed by atoms with E-state index >= 15 is 0 Å². The van der Waals surface area contributed by atoms with Crippen molar-refractivity contribution < 1.29 is 9.18 Å². The van der Waals surface area contributed by atoms with Crippen LogP contribution in [0.2, 0.25) is 0 Å². The number of halogens is 2. The molecule has 4 heteroatoms. The van der Waals surface area contributed by atoms with Gasteiger partial charge in [0.15, 0.2) is 0 Å². The molecule has 1 amide bonds. The van der Waals surface area contributed by atoms with Crippen LogP contribution in [0, 0.1) is 5.82 Å². The summed E-state index contributed by atoms with van der Waals surface area (Å²) in [7, 11) is 0. The second-order valence-electron chi connectivity index (χ2n) is 3.70. The van der Waals surface area contributed by atoms with E-state index in [0.717, 1.165) is 19.3 Å². The number of hydrogen-bond acceptors (Lipinski definition) is 1. The third-order valence-electron chi connectivity index (χ3n) is 2.64. The molecule has 1 aromatic carbocycles. The lowest BCUT2D eigenvalue weighted by Crippen LogP contribution is -2.39. The molecule has 2 rings (SSSR count). The monoisotopic (exact) mass is 271 g/mol. The average molecular weight is 272 g/mol. The Morgan fingerprint density at radius 2 is 2.20 bits per heavy atom. The Hall–Kier alpha value is -0.900. The SMILES string of the molecule is O=C(NC1CCC1)c1cccc(F)c1Br. The molecule has 0 radical (unpaired) electrons. The summed E-state index contributed by atoms with van der Waals surface area (Å²) in [6.45, 7) is 0. The van der Waals surface area contributed by atoms with E-state index in [1.54, 1.807) is 6.07 Å². The van der Waals surface area contributed by atoms with Gasteiger partial charge in [-0.05, 0) is 47.3 Å². The van der Waals surface area contributed by atoms with Gasteiger partial charge in [0.05, 0.1) is 10.0 Å². The van der Waals surface area contributed by atoms with Gasteiger partial charge < -0.3 is 5.32 Å². The van der Waals surface area contributed by atoms with Crippen LogP contribution in [0.15, 0.2) is 22.7 Å². The van der Waals surface area contributed by atoms with Crippen molar-refractivity contribution in [2.75, 3.05) is 0 Å². The minimum atomic E-state index is -0.406. The van der Waals surface area contributed by atoms with E-state index in [9.17, 15) is 9.18 Å². The lowest BCUT2D eigenvalue weighted by atomic mass is 9.93. The van der Waals surface area contributed by atoms with Gasteiger partial charge in [-0.2, -0.15) is 0 Å². The van der Waals surface area contributed by atoms with Crippen molar-refractivity contribution in [1.82, 2.24) is 5.32 Å². The van der Waals surface area contributed by atoms with Gasteiger partial charge in [0.2, 0.25) is 0 Å². The van der Waals surface area contributed by atoms with E-state index in [1.807, 2.05) is 0 Å².